The van der Waals surface area contributed by atoms with Gasteiger partial charge >= 0.3 is 7.12 Å². The van der Waals surface area contributed by atoms with E-state index in [2.05, 4.69) is 4.90 Å². The van der Waals surface area contributed by atoms with Gasteiger partial charge in [0.15, 0.2) is 0 Å². The van der Waals surface area contributed by atoms with Crippen molar-refractivity contribution in [2.24, 2.45) is 0 Å². The van der Waals surface area contributed by atoms with Crippen molar-refractivity contribution in [3.8, 4) is 11.5 Å². The molecule has 1 heterocycles. The van der Waals surface area contributed by atoms with E-state index in [-0.39, 0.29) is 11.6 Å². The van der Waals surface area contributed by atoms with Crippen LogP contribution in [0.5, 0.6) is 11.5 Å². The average molecular weight is 281 g/mol. The Labute approximate surface area is 119 Å². The minimum atomic E-state index is -1.60. The van der Waals surface area contributed by atoms with Crippen molar-refractivity contribution in [2.45, 2.75) is 6.10 Å². The molecule has 0 spiro atoms. The third kappa shape index (κ3) is 3.86. The molecule has 0 aromatic heterocycles. The van der Waals surface area contributed by atoms with Crippen molar-refractivity contribution in [3.05, 3.63) is 18.2 Å². The zero-order chi connectivity index (χ0) is 14.5. The van der Waals surface area contributed by atoms with Crippen LogP contribution in [0.15, 0.2) is 18.2 Å². The largest absolute Gasteiger partial charge is 0.497 e. The van der Waals surface area contributed by atoms with Crippen LogP contribution in [0.25, 0.3) is 0 Å². The number of benzene rings is 1. The Morgan fingerprint density at radius 3 is 2.90 bits per heavy atom. The predicted octanol–water partition coefficient (Wildman–Crippen LogP) is -0.916. The molecule has 7 heteroatoms. The molecule has 1 atom stereocenters. The molecule has 0 aliphatic carbocycles. The van der Waals surface area contributed by atoms with Crippen molar-refractivity contribution >= 4 is 12.6 Å². The van der Waals surface area contributed by atoms with Gasteiger partial charge in [0.05, 0.1) is 13.7 Å². The second kappa shape index (κ2) is 6.94. The Hall–Kier alpha value is -1.28. The number of methoxy groups -OCH3 is 1. The molecule has 6 nitrogen and oxygen atoms in total. The molecule has 2 N–H and O–H groups in total. The monoisotopic (exact) mass is 281 g/mol. The normalized spacial score (nSPS) is 19.7. The summed E-state index contributed by atoms with van der Waals surface area (Å²) in [5.41, 5.74) is 0.286. The quantitative estimate of drug-likeness (QED) is 0.681. The molecule has 0 saturated carbocycles. The number of rotatable bonds is 5. The fraction of sp³-hybridized carbons (Fsp3) is 0.538. The molecule has 0 radical (unpaired) electrons. The molecule has 0 amide bonds. The summed E-state index contributed by atoms with van der Waals surface area (Å²) in [6.07, 6.45) is -0.0143. The van der Waals surface area contributed by atoms with Crippen molar-refractivity contribution in [1.82, 2.24) is 4.90 Å². The first kappa shape index (κ1) is 15.1. The second-order valence-corrected chi connectivity index (χ2v) is 4.84. The van der Waals surface area contributed by atoms with Crippen LogP contribution in [0, 0.1) is 0 Å². The van der Waals surface area contributed by atoms with Gasteiger partial charge in [0.25, 0.3) is 0 Å². The smallest absolute Gasteiger partial charge is 0.492 e. The van der Waals surface area contributed by atoms with Crippen molar-refractivity contribution in [2.75, 3.05) is 40.5 Å². The highest BCUT2D eigenvalue weighted by Gasteiger charge is 2.21. The van der Waals surface area contributed by atoms with Gasteiger partial charge in [-0.1, -0.05) is 0 Å². The Balaban J connectivity index is 2.01. The van der Waals surface area contributed by atoms with Crippen LogP contribution in [-0.4, -0.2) is 68.6 Å². The van der Waals surface area contributed by atoms with Gasteiger partial charge in [0.1, 0.15) is 24.2 Å². The highest BCUT2D eigenvalue weighted by Crippen LogP contribution is 2.16. The standard InChI is InChI=1S/C13H20BNO5/c1-15-5-6-19-11(8-15)9-20-13-4-3-10(18-2)7-12(13)14(16)17/h3-4,7,11,16-17H,5-6,8-9H2,1-2H3. The molecular weight excluding hydrogens is 261 g/mol. The number of ether oxygens (including phenoxy) is 3. The van der Waals surface area contributed by atoms with Gasteiger partial charge in [-0.2, -0.15) is 0 Å². The second-order valence-electron chi connectivity index (χ2n) is 4.84. The summed E-state index contributed by atoms with van der Waals surface area (Å²) in [6.45, 7) is 2.77. The van der Waals surface area contributed by atoms with Gasteiger partial charge in [-0.05, 0) is 25.2 Å². The first-order valence-corrected chi connectivity index (χ1v) is 6.57. The SMILES string of the molecule is COc1ccc(OCC2CN(C)CCO2)c(B(O)O)c1. The third-order valence-corrected chi connectivity index (χ3v) is 3.26. The zero-order valence-electron chi connectivity index (χ0n) is 11.8. The third-order valence-electron chi connectivity index (χ3n) is 3.26. The lowest BCUT2D eigenvalue weighted by Gasteiger charge is -2.30. The Bertz CT molecular complexity index is 443. The summed E-state index contributed by atoms with van der Waals surface area (Å²) in [6, 6.07) is 4.93. The zero-order valence-corrected chi connectivity index (χ0v) is 11.8. The van der Waals surface area contributed by atoms with Gasteiger partial charge in [-0.25, -0.2) is 0 Å². The van der Waals surface area contributed by atoms with E-state index in [9.17, 15) is 10.0 Å². The topological polar surface area (TPSA) is 71.4 Å². The van der Waals surface area contributed by atoms with Gasteiger partial charge in [-0.3, -0.25) is 0 Å². The molecule has 1 aliphatic heterocycles. The molecule has 1 aromatic carbocycles. The number of morpholine rings is 1. The molecule has 110 valence electrons. The fourth-order valence-electron chi connectivity index (χ4n) is 2.14. The molecule has 20 heavy (non-hydrogen) atoms. The van der Waals surface area contributed by atoms with E-state index in [1.54, 1.807) is 18.2 Å². The lowest BCUT2D eigenvalue weighted by atomic mass is 9.79. The summed E-state index contributed by atoms with van der Waals surface area (Å²) in [5.74, 6) is 0.978. The number of likely N-dealkylation sites (N-methyl/N-ethyl adjacent to an activating group) is 1. The van der Waals surface area contributed by atoms with Gasteiger partial charge in [-0.15, -0.1) is 0 Å². The lowest BCUT2D eigenvalue weighted by Crippen LogP contribution is -2.43. The number of nitrogens with zero attached hydrogens (tertiary/aromatic N) is 1. The molecule has 1 aromatic rings. The predicted molar refractivity (Wildman–Crippen MR) is 75.6 cm³/mol. The summed E-state index contributed by atoms with van der Waals surface area (Å²) in [4.78, 5) is 2.17. The molecule has 2 rings (SSSR count). The van der Waals surface area contributed by atoms with E-state index in [1.165, 1.54) is 7.11 Å². The van der Waals surface area contributed by atoms with Gasteiger partial charge < -0.3 is 29.2 Å². The molecule has 0 bridgehead atoms. The molecular formula is C13H20BNO5. The maximum Gasteiger partial charge on any atom is 0.492 e. The van der Waals surface area contributed by atoms with Crippen LogP contribution in [0.3, 0.4) is 0 Å². The van der Waals surface area contributed by atoms with Crippen LogP contribution in [0.2, 0.25) is 0 Å². The van der Waals surface area contributed by atoms with Crippen LogP contribution >= 0.6 is 0 Å². The maximum absolute atomic E-state index is 9.38. The lowest BCUT2D eigenvalue weighted by molar-refractivity contribution is -0.0402. The van der Waals surface area contributed by atoms with E-state index >= 15 is 0 Å². The molecule has 1 unspecified atom stereocenters. The van der Waals surface area contributed by atoms with Crippen LogP contribution in [0.4, 0.5) is 0 Å². The van der Waals surface area contributed by atoms with Gasteiger partial charge in [0.2, 0.25) is 0 Å². The van der Waals surface area contributed by atoms with E-state index < -0.39 is 7.12 Å². The van der Waals surface area contributed by atoms with Crippen molar-refractivity contribution in [3.63, 3.8) is 0 Å². The summed E-state index contributed by atoms with van der Waals surface area (Å²) in [5, 5.41) is 18.8. The fourth-order valence-corrected chi connectivity index (χ4v) is 2.14. The van der Waals surface area contributed by atoms with Crippen LogP contribution in [-0.2, 0) is 4.74 Å². The molecule has 1 saturated heterocycles. The molecule has 1 aliphatic rings. The first-order chi connectivity index (χ1) is 9.60. The van der Waals surface area contributed by atoms with Gasteiger partial charge in [0, 0.05) is 18.6 Å². The minimum absolute atomic E-state index is 0.0143. The maximum atomic E-state index is 9.38. The van der Waals surface area contributed by atoms with Crippen molar-refractivity contribution in [1.29, 1.82) is 0 Å². The first-order valence-electron chi connectivity index (χ1n) is 6.57. The number of hydrogen-bond donors (Lipinski definition) is 2. The highest BCUT2D eigenvalue weighted by molar-refractivity contribution is 6.59. The Morgan fingerprint density at radius 2 is 2.25 bits per heavy atom. The Kier molecular flexibility index (Phi) is 5.25. The molecule has 1 fully saturated rings. The number of hydrogen-bond acceptors (Lipinski definition) is 6. The van der Waals surface area contributed by atoms with Crippen molar-refractivity contribution < 1.29 is 24.3 Å². The highest BCUT2D eigenvalue weighted by atomic mass is 16.5. The van der Waals surface area contributed by atoms with Crippen LogP contribution < -0.4 is 14.9 Å². The summed E-state index contributed by atoms with van der Waals surface area (Å²) < 4.78 is 16.3. The van der Waals surface area contributed by atoms with E-state index in [1.807, 2.05) is 7.05 Å². The Morgan fingerprint density at radius 1 is 1.45 bits per heavy atom. The summed E-state index contributed by atoms with van der Waals surface area (Å²) >= 11 is 0. The summed E-state index contributed by atoms with van der Waals surface area (Å²) in [7, 11) is 1.95. The van der Waals surface area contributed by atoms with Crippen LogP contribution in [0.1, 0.15) is 0 Å². The van der Waals surface area contributed by atoms with E-state index in [0.717, 1.165) is 13.1 Å². The van der Waals surface area contributed by atoms with E-state index in [0.29, 0.717) is 24.7 Å². The van der Waals surface area contributed by atoms with E-state index in [4.69, 9.17) is 14.2 Å². The average Bonchev–Trinajstić information content (AvgIpc) is 2.45. The minimum Gasteiger partial charge on any atom is -0.497 e.